The van der Waals surface area contributed by atoms with Crippen molar-refractivity contribution >= 4 is 0 Å². The van der Waals surface area contributed by atoms with Crippen molar-refractivity contribution in [3.05, 3.63) is 30.1 Å². The molecule has 5 nitrogen and oxygen atoms in total. The average Bonchev–Trinajstić information content (AvgIpc) is 2.51. The molecule has 132 valence electrons. The van der Waals surface area contributed by atoms with Crippen molar-refractivity contribution in [2.45, 2.75) is 18.9 Å². The molecular formula is C18H35N5. The maximum absolute atomic E-state index is 4.38. The number of aromatic nitrogens is 1. The fourth-order valence-electron chi connectivity index (χ4n) is 2.54. The number of likely N-dealkylation sites (N-methyl/N-ethyl adjacent to an activating group) is 2. The van der Waals surface area contributed by atoms with Crippen LogP contribution >= 0.6 is 0 Å². The Bertz CT molecular complexity index is 394. The Morgan fingerprint density at radius 2 is 1.78 bits per heavy atom. The van der Waals surface area contributed by atoms with E-state index in [9.17, 15) is 0 Å². The van der Waals surface area contributed by atoms with Crippen LogP contribution in [0.4, 0.5) is 0 Å². The maximum atomic E-state index is 4.38. The van der Waals surface area contributed by atoms with Gasteiger partial charge in [0.1, 0.15) is 0 Å². The van der Waals surface area contributed by atoms with Crippen molar-refractivity contribution in [3.8, 4) is 0 Å². The van der Waals surface area contributed by atoms with E-state index in [0.717, 1.165) is 39.1 Å². The average molecular weight is 322 g/mol. The largest absolute Gasteiger partial charge is 0.311 e. The normalized spacial score (nSPS) is 13.2. The number of hydrogen-bond acceptors (Lipinski definition) is 5. The topological polar surface area (TPSA) is 34.6 Å². The SMILES string of the molecule is CN(C)CCC(CN(C)C)NCCN(C)CCc1ccccn1. The molecule has 5 heteroatoms. The van der Waals surface area contributed by atoms with Crippen LogP contribution in [0.2, 0.25) is 0 Å². The zero-order valence-corrected chi connectivity index (χ0v) is 15.6. The van der Waals surface area contributed by atoms with E-state index in [2.05, 4.69) is 72.4 Å². The van der Waals surface area contributed by atoms with Crippen LogP contribution in [0.25, 0.3) is 0 Å². The molecule has 23 heavy (non-hydrogen) atoms. The van der Waals surface area contributed by atoms with Crippen molar-refractivity contribution in [3.63, 3.8) is 0 Å². The van der Waals surface area contributed by atoms with Gasteiger partial charge in [-0.15, -0.1) is 0 Å². The number of rotatable bonds is 12. The second-order valence-electron chi connectivity index (χ2n) is 6.88. The van der Waals surface area contributed by atoms with E-state index in [1.165, 1.54) is 12.1 Å². The van der Waals surface area contributed by atoms with Crippen molar-refractivity contribution < 1.29 is 0 Å². The van der Waals surface area contributed by atoms with Crippen LogP contribution < -0.4 is 5.32 Å². The van der Waals surface area contributed by atoms with Gasteiger partial charge in [-0.2, -0.15) is 0 Å². The predicted octanol–water partition coefficient (Wildman–Crippen LogP) is 1.03. The second kappa shape index (κ2) is 11.5. The Morgan fingerprint density at radius 3 is 2.39 bits per heavy atom. The lowest BCUT2D eigenvalue weighted by atomic mass is 10.2. The first-order valence-electron chi connectivity index (χ1n) is 8.58. The first-order valence-corrected chi connectivity index (χ1v) is 8.58. The summed E-state index contributed by atoms with van der Waals surface area (Å²) < 4.78 is 0. The third-order valence-corrected chi connectivity index (χ3v) is 3.91. The Labute approximate surface area is 142 Å². The van der Waals surface area contributed by atoms with Crippen LogP contribution in [-0.2, 0) is 6.42 Å². The highest BCUT2D eigenvalue weighted by atomic mass is 15.1. The first-order chi connectivity index (χ1) is 11.0. The molecule has 0 bridgehead atoms. The molecule has 1 unspecified atom stereocenters. The molecule has 0 aromatic carbocycles. The molecule has 0 saturated carbocycles. The number of hydrogen-bond donors (Lipinski definition) is 1. The van der Waals surface area contributed by atoms with E-state index >= 15 is 0 Å². The van der Waals surface area contributed by atoms with Gasteiger partial charge in [0.2, 0.25) is 0 Å². The predicted molar refractivity (Wildman–Crippen MR) is 99.0 cm³/mol. The van der Waals surface area contributed by atoms with Crippen LogP contribution in [-0.4, -0.2) is 93.7 Å². The van der Waals surface area contributed by atoms with Gasteiger partial charge < -0.3 is 20.0 Å². The van der Waals surface area contributed by atoms with Crippen molar-refractivity contribution in [1.29, 1.82) is 0 Å². The monoisotopic (exact) mass is 321 g/mol. The summed E-state index contributed by atoms with van der Waals surface area (Å²) in [6, 6.07) is 6.67. The molecule has 0 spiro atoms. The molecule has 1 aromatic rings. The quantitative estimate of drug-likeness (QED) is 0.622. The van der Waals surface area contributed by atoms with E-state index in [1.54, 1.807) is 0 Å². The molecule has 0 aliphatic carbocycles. The highest BCUT2D eigenvalue weighted by Gasteiger charge is 2.10. The lowest BCUT2D eigenvalue weighted by Crippen LogP contribution is -2.43. The Balaban J connectivity index is 2.22. The molecule has 0 aliphatic heterocycles. The van der Waals surface area contributed by atoms with Crippen molar-refractivity contribution in [1.82, 2.24) is 25.0 Å². The molecule has 0 aliphatic rings. The van der Waals surface area contributed by atoms with E-state index < -0.39 is 0 Å². The highest BCUT2D eigenvalue weighted by Crippen LogP contribution is 1.98. The van der Waals surface area contributed by atoms with E-state index in [0.29, 0.717) is 6.04 Å². The lowest BCUT2D eigenvalue weighted by Gasteiger charge is -2.25. The zero-order chi connectivity index (χ0) is 17.1. The van der Waals surface area contributed by atoms with Crippen molar-refractivity contribution in [2.75, 3.05) is 68.0 Å². The molecule has 1 heterocycles. The molecule has 0 fully saturated rings. The molecule has 0 amide bonds. The summed E-state index contributed by atoms with van der Waals surface area (Å²) in [5.41, 5.74) is 1.17. The van der Waals surface area contributed by atoms with E-state index in [1.807, 2.05) is 12.3 Å². The molecule has 1 N–H and O–H groups in total. The number of nitrogens with one attached hydrogen (secondary N) is 1. The summed E-state index contributed by atoms with van der Waals surface area (Å²) in [6.45, 7) is 5.37. The Kier molecular flexibility index (Phi) is 10.0. The van der Waals surface area contributed by atoms with Crippen LogP contribution in [0.5, 0.6) is 0 Å². The summed E-state index contributed by atoms with van der Waals surface area (Å²) in [5, 5.41) is 3.71. The van der Waals surface area contributed by atoms with Gasteiger partial charge >= 0.3 is 0 Å². The summed E-state index contributed by atoms with van der Waals surface area (Å²) in [5.74, 6) is 0. The third-order valence-electron chi connectivity index (χ3n) is 3.91. The minimum absolute atomic E-state index is 0.552. The standard InChI is InChI=1S/C18H35N5/c1-21(2)13-9-18(16-22(3)4)20-12-15-23(5)14-10-17-8-6-7-11-19-17/h6-8,11,18,20H,9-10,12-16H2,1-5H3. The molecule has 1 atom stereocenters. The summed E-state index contributed by atoms with van der Waals surface area (Å²) >= 11 is 0. The fraction of sp³-hybridized carbons (Fsp3) is 0.722. The van der Waals surface area contributed by atoms with E-state index in [-0.39, 0.29) is 0 Å². The number of nitrogens with zero attached hydrogens (tertiary/aromatic N) is 4. The molecule has 0 radical (unpaired) electrons. The van der Waals surface area contributed by atoms with Gasteiger partial charge in [0.05, 0.1) is 0 Å². The third kappa shape index (κ3) is 10.4. The van der Waals surface area contributed by atoms with Gasteiger partial charge in [0, 0.05) is 50.5 Å². The second-order valence-corrected chi connectivity index (χ2v) is 6.88. The van der Waals surface area contributed by atoms with E-state index in [4.69, 9.17) is 0 Å². The summed E-state index contributed by atoms with van der Waals surface area (Å²) in [4.78, 5) is 11.3. The smallest absolute Gasteiger partial charge is 0.0416 e. The summed E-state index contributed by atoms with van der Waals surface area (Å²) in [7, 11) is 10.7. The van der Waals surface area contributed by atoms with Gasteiger partial charge in [-0.05, 0) is 60.3 Å². The van der Waals surface area contributed by atoms with Crippen LogP contribution in [0, 0.1) is 0 Å². The fourth-order valence-corrected chi connectivity index (χ4v) is 2.54. The Morgan fingerprint density at radius 1 is 1.00 bits per heavy atom. The van der Waals surface area contributed by atoms with Crippen LogP contribution in [0.3, 0.4) is 0 Å². The summed E-state index contributed by atoms with van der Waals surface area (Å²) in [6.07, 6.45) is 4.06. The van der Waals surface area contributed by atoms with Gasteiger partial charge in [0.25, 0.3) is 0 Å². The van der Waals surface area contributed by atoms with Gasteiger partial charge in [-0.3, -0.25) is 4.98 Å². The molecular weight excluding hydrogens is 286 g/mol. The zero-order valence-electron chi connectivity index (χ0n) is 15.6. The highest BCUT2D eigenvalue weighted by molar-refractivity contribution is 5.03. The molecule has 1 aromatic heterocycles. The number of pyridine rings is 1. The molecule has 1 rings (SSSR count). The minimum Gasteiger partial charge on any atom is -0.311 e. The van der Waals surface area contributed by atoms with Crippen LogP contribution in [0.15, 0.2) is 24.4 Å². The van der Waals surface area contributed by atoms with Gasteiger partial charge in [-0.25, -0.2) is 0 Å². The first kappa shape index (κ1) is 20.0. The maximum Gasteiger partial charge on any atom is 0.0416 e. The van der Waals surface area contributed by atoms with Gasteiger partial charge in [-0.1, -0.05) is 6.07 Å². The Hall–Kier alpha value is -1.01. The van der Waals surface area contributed by atoms with Crippen LogP contribution in [0.1, 0.15) is 12.1 Å². The minimum atomic E-state index is 0.552. The lowest BCUT2D eigenvalue weighted by molar-refractivity contribution is 0.277. The van der Waals surface area contributed by atoms with Gasteiger partial charge in [0.15, 0.2) is 0 Å². The van der Waals surface area contributed by atoms with Crippen molar-refractivity contribution in [2.24, 2.45) is 0 Å². The molecule has 0 saturated heterocycles.